The molecule has 2 aromatic carbocycles. The van der Waals surface area contributed by atoms with E-state index in [1.54, 1.807) is 21.5 Å². The molecule has 0 fully saturated rings. The van der Waals surface area contributed by atoms with Crippen molar-refractivity contribution in [3.05, 3.63) is 80.2 Å². The molecule has 0 aliphatic heterocycles. The van der Waals surface area contributed by atoms with Crippen LogP contribution >= 0.6 is 0 Å². The minimum Gasteiger partial charge on any atom is -0.387 e. The van der Waals surface area contributed by atoms with Crippen molar-refractivity contribution in [3.63, 3.8) is 0 Å². The van der Waals surface area contributed by atoms with Gasteiger partial charge >= 0.3 is 6.03 Å². The molecule has 2 aromatic heterocycles. The first-order valence-electron chi connectivity index (χ1n) is 22.5. The summed E-state index contributed by atoms with van der Waals surface area (Å²) in [6, 6.07) is 7.00. The second-order valence-electron chi connectivity index (χ2n) is 18.4. The number of aryl methyl sites for hydroxylation is 4. The molecule has 0 atom stereocenters. The minimum absolute atomic E-state index is 0.0556. The van der Waals surface area contributed by atoms with E-state index in [0.717, 1.165) is 111 Å². The van der Waals surface area contributed by atoms with E-state index in [1.807, 2.05) is 71.9 Å². The number of carbonyl (C=O) groups excluding carboxylic acids is 1. The topological polar surface area (TPSA) is 211 Å². The van der Waals surface area contributed by atoms with Gasteiger partial charge in [0.05, 0.1) is 13.1 Å². The number of ether oxygens (including phenoxy) is 1. The number of urea groups is 1. The van der Waals surface area contributed by atoms with E-state index in [4.69, 9.17) is 15.1 Å². The number of nitrogens with two attached hydrogens (primary N) is 1. The van der Waals surface area contributed by atoms with Crippen molar-refractivity contribution in [2.24, 2.45) is 5.14 Å². The third-order valence-corrected chi connectivity index (χ3v) is 14.3. The molecule has 64 heavy (non-hydrogen) atoms. The molecule has 0 spiro atoms. The fourth-order valence-corrected chi connectivity index (χ4v) is 10.6. The molecule has 0 saturated carbocycles. The van der Waals surface area contributed by atoms with Gasteiger partial charge in [-0.05, 0) is 162 Å². The summed E-state index contributed by atoms with van der Waals surface area (Å²) in [6.45, 7) is 10.7. The van der Waals surface area contributed by atoms with Gasteiger partial charge in [-0.2, -0.15) is 18.6 Å². The highest BCUT2D eigenvalue weighted by Crippen LogP contribution is 2.41. The quantitative estimate of drug-likeness (QED) is 0.137. The molecular formula is C46H66N10O6S2. The van der Waals surface area contributed by atoms with E-state index in [1.165, 1.54) is 46.2 Å². The Morgan fingerprint density at radius 3 is 1.52 bits per heavy atom. The zero-order valence-electron chi connectivity index (χ0n) is 38.8. The van der Waals surface area contributed by atoms with Gasteiger partial charge in [-0.3, -0.25) is 9.36 Å². The van der Waals surface area contributed by atoms with E-state index in [-0.39, 0.29) is 21.9 Å². The molecule has 348 valence electrons. The highest BCUT2D eigenvalue weighted by molar-refractivity contribution is 7.90. The van der Waals surface area contributed by atoms with Crippen LogP contribution < -0.4 is 19.9 Å². The van der Waals surface area contributed by atoms with Crippen LogP contribution in [-0.4, -0.2) is 93.5 Å². The largest absolute Gasteiger partial charge is 0.387 e. The van der Waals surface area contributed by atoms with Crippen molar-refractivity contribution >= 4 is 31.8 Å². The number of anilines is 1. The zero-order valence-corrected chi connectivity index (χ0v) is 40.4. The number of hydrogen-bond acceptors (Lipinski definition) is 11. The number of fused-ring (bicyclic) bond motifs is 4. The molecule has 4 aromatic rings. The van der Waals surface area contributed by atoms with Gasteiger partial charge in [0.25, 0.3) is 26.3 Å². The number of likely N-dealkylation sites (N-methyl/N-ethyl adjacent to an activating group) is 2. The van der Waals surface area contributed by atoms with Crippen LogP contribution in [0.1, 0.15) is 121 Å². The molecule has 18 heteroatoms. The van der Waals surface area contributed by atoms with Crippen LogP contribution in [0.3, 0.4) is 0 Å². The van der Waals surface area contributed by atoms with Gasteiger partial charge in [0.15, 0.2) is 10.1 Å². The first-order valence-corrected chi connectivity index (χ1v) is 25.5. The molecule has 8 rings (SSSR count). The highest BCUT2D eigenvalue weighted by atomic mass is 32.2. The minimum atomic E-state index is -4.09. The lowest BCUT2D eigenvalue weighted by Crippen LogP contribution is -2.35. The first-order chi connectivity index (χ1) is 30.3. The third-order valence-electron chi connectivity index (χ3n) is 12.3. The predicted molar refractivity (Wildman–Crippen MR) is 248 cm³/mol. The molecular weight excluding hydrogens is 853 g/mol. The van der Waals surface area contributed by atoms with Gasteiger partial charge in [-0.25, -0.2) is 23.1 Å². The molecule has 0 bridgehead atoms. The molecule has 4 N–H and O–H groups in total. The summed E-state index contributed by atoms with van der Waals surface area (Å²) in [5.41, 5.74) is 12.9. The fraction of sp³-hybridized carbons (Fsp3) is 0.565. The van der Waals surface area contributed by atoms with Crippen LogP contribution in [-0.2, 0) is 84.5 Å². The summed E-state index contributed by atoms with van der Waals surface area (Å²) in [4.78, 5) is 16.8. The Balaban J connectivity index is 0.000000178. The highest BCUT2D eigenvalue weighted by Gasteiger charge is 2.29. The number of nitriles is 1. The molecule has 2 heterocycles. The molecule has 2 amide bonds. The Morgan fingerprint density at radius 2 is 1.11 bits per heavy atom. The normalized spacial score (nSPS) is 15.0. The van der Waals surface area contributed by atoms with E-state index in [0.29, 0.717) is 13.1 Å². The SMILES string of the molecule is CC(C)c1cc(S(=O)(=O)NC(=O)Nc2c3c(cc4c2CCC4)CCC3)nn1CCN(C)C.CC(C)c1cc(S(N)(=O)=O)nn1CCN(C)C.N#COc1c2c(cc3c1CCC3)CCC2. The standard InChI is InChI=1S/C23H33N5O3S.C13H13NO.C10H20N4O2S/c1-15(2)20-14-21(25-28(20)12-11-27(3)4)32(30,31)26-23(29)24-22-18-9-5-7-16(18)13-17-8-6-10-19(17)22;14-8-15-13-11-5-1-3-9(11)7-10-4-2-6-12(10)13;1-8(2)9-7-10(17(11,15)16)12-14(9)6-5-13(3)4/h13-15H,5-12H2,1-4H3,(H2,24,26,29);7H,1-6H2;7-8H,5-6H2,1-4H3,(H2,11,15,16). The third kappa shape index (κ3) is 11.5. The van der Waals surface area contributed by atoms with Crippen LogP contribution in [0.2, 0.25) is 0 Å². The lowest BCUT2D eigenvalue weighted by Gasteiger charge is -2.16. The maximum atomic E-state index is 13.0. The van der Waals surface area contributed by atoms with Gasteiger partial charge < -0.3 is 19.9 Å². The summed E-state index contributed by atoms with van der Waals surface area (Å²) in [5.74, 6) is 1.22. The van der Waals surface area contributed by atoms with Crippen LogP contribution in [0.15, 0.2) is 34.3 Å². The smallest absolute Gasteiger partial charge is 0.333 e. The summed E-state index contributed by atoms with van der Waals surface area (Å²) in [7, 11) is 0.0188. The lowest BCUT2D eigenvalue weighted by molar-refractivity contribution is 0.256. The van der Waals surface area contributed by atoms with Gasteiger partial charge in [-0.15, -0.1) is 5.26 Å². The Morgan fingerprint density at radius 1 is 0.703 bits per heavy atom. The molecule has 0 unspecified atom stereocenters. The number of carbonyl (C=O) groups is 1. The Kier molecular flexibility index (Phi) is 15.6. The summed E-state index contributed by atoms with van der Waals surface area (Å²) in [6.07, 6.45) is 14.7. The second-order valence-corrected chi connectivity index (χ2v) is 21.5. The average molecular weight is 919 g/mol. The van der Waals surface area contributed by atoms with Crippen LogP contribution in [0, 0.1) is 11.5 Å². The molecule has 4 aliphatic carbocycles. The molecule has 0 radical (unpaired) electrons. The fourth-order valence-electron chi connectivity index (χ4n) is 9.17. The Labute approximate surface area is 379 Å². The van der Waals surface area contributed by atoms with Crippen molar-refractivity contribution < 1.29 is 26.4 Å². The van der Waals surface area contributed by atoms with Gasteiger partial charge in [0.1, 0.15) is 5.75 Å². The lowest BCUT2D eigenvalue weighted by atomic mass is 9.99. The Bertz CT molecular complexity index is 2540. The van der Waals surface area contributed by atoms with Gasteiger partial charge in [0, 0.05) is 42.3 Å². The van der Waals surface area contributed by atoms with Crippen LogP contribution in [0.5, 0.6) is 5.75 Å². The van der Waals surface area contributed by atoms with E-state index in [9.17, 15) is 21.6 Å². The van der Waals surface area contributed by atoms with Gasteiger partial charge in [0.2, 0.25) is 0 Å². The second kappa shape index (κ2) is 20.6. The van der Waals surface area contributed by atoms with Crippen molar-refractivity contribution in [2.45, 2.75) is 140 Å². The Hall–Kier alpha value is -4.80. The van der Waals surface area contributed by atoms with E-state index < -0.39 is 26.1 Å². The van der Waals surface area contributed by atoms with Crippen molar-refractivity contribution in [2.75, 3.05) is 46.6 Å². The molecule has 0 saturated heterocycles. The van der Waals surface area contributed by atoms with Crippen molar-refractivity contribution in [1.82, 2.24) is 34.1 Å². The maximum absolute atomic E-state index is 13.0. The summed E-state index contributed by atoms with van der Waals surface area (Å²) >= 11 is 0. The van der Waals surface area contributed by atoms with Crippen molar-refractivity contribution in [1.29, 1.82) is 5.26 Å². The molecule has 16 nitrogen and oxygen atoms in total. The van der Waals surface area contributed by atoms with Crippen molar-refractivity contribution in [3.8, 4) is 12.0 Å². The molecule has 4 aliphatic rings. The first kappa shape index (κ1) is 48.7. The summed E-state index contributed by atoms with van der Waals surface area (Å²) in [5, 5.41) is 24.9. The number of primary sulfonamides is 1. The number of amides is 2. The zero-order chi connectivity index (χ0) is 46.5. The average Bonchev–Trinajstić information content (AvgIpc) is 4.06. The number of hydrogen-bond donors (Lipinski definition) is 3. The number of aromatic nitrogens is 4. The number of nitrogens with zero attached hydrogens (tertiary/aromatic N) is 7. The van der Waals surface area contributed by atoms with Crippen LogP contribution in [0.4, 0.5) is 10.5 Å². The number of sulfonamides is 2. The van der Waals surface area contributed by atoms with E-state index >= 15 is 0 Å². The van der Waals surface area contributed by atoms with Crippen LogP contribution in [0.25, 0.3) is 0 Å². The number of rotatable bonds is 13. The summed E-state index contributed by atoms with van der Waals surface area (Å²) < 4.78 is 59.2. The predicted octanol–water partition coefficient (Wildman–Crippen LogP) is 5.80. The van der Waals surface area contributed by atoms with Gasteiger partial charge in [-0.1, -0.05) is 39.8 Å². The van der Waals surface area contributed by atoms with E-state index in [2.05, 4.69) is 32.4 Å². The maximum Gasteiger partial charge on any atom is 0.333 e. The number of benzene rings is 2. The number of nitrogens with one attached hydrogen (secondary N) is 2. The monoisotopic (exact) mass is 918 g/mol.